The average molecular weight is 450 g/mol. The third-order valence-electron chi connectivity index (χ3n) is 5.92. The number of aliphatic hydroxyl groups is 5. The molecule has 3 aliphatic rings. The Morgan fingerprint density at radius 1 is 1.00 bits per heavy atom. The number of benzene rings is 1. The van der Waals surface area contributed by atoms with Gasteiger partial charge in [0.05, 0.1) is 30.5 Å². The molecular formula is C22H26O10. The van der Waals surface area contributed by atoms with E-state index in [0.29, 0.717) is 11.1 Å². The maximum absolute atomic E-state index is 12.3. The molecule has 10 nitrogen and oxygen atoms in total. The van der Waals surface area contributed by atoms with Crippen LogP contribution in [0.25, 0.3) is 0 Å². The molecule has 32 heavy (non-hydrogen) atoms. The fraction of sp³-hybridized carbons (Fsp3) is 0.500. The van der Waals surface area contributed by atoms with Crippen LogP contribution < -0.4 is 0 Å². The van der Waals surface area contributed by atoms with Crippen molar-refractivity contribution in [1.29, 1.82) is 0 Å². The molecule has 0 bridgehead atoms. The summed E-state index contributed by atoms with van der Waals surface area (Å²) in [5, 5.41) is 50.0. The highest BCUT2D eigenvalue weighted by Crippen LogP contribution is 2.41. The lowest BCUT2D eigenvalue weighted by Crippen LogP contribution is -2.60. The minimum Gasteiger partial charge on any atom is -0.472 e. The van der Waals surface area contributed by atoms with Crippen molar-refractivity contribution in [3.8, 4) is 0 Å². The van der Waals surface area contributed by atoms with E-state index in [1.54, 1.807) is 42.5 Å². The van der Waals surface area contributed by atoms with Crippen molar-refractivity contribution in [3.63, 3.8) is 0 Å². The minimum atomic E-state index is -1.60. The van der Waals surface area contributed by atoms with Crippen molar-refractivity contribution in [2.45, 2.75) is 43.1 Å². The smallest absolute Gasteiger partial charge is 0.338 e. The number of aliphatic hydroxyl groups excluding tert-OH is 5. The Bertz CT molecular complexity index is 854. The van der Waals surface area contributed by atoms with Gasteiger partial charge in [0.15, 0.2) is 6.29 Å². The summed E-state index contributed by atoms with van der Waals surface area (Å²) >= 11 is 0. The van der Waals surface area contributed by atoms with Gasteiger partial charge in [0, 0.05) is 5.92 Å². The van der Waals surface area contributed by atoms with Gasteiger partial charge in [-0.3, -0.25) is 0 Å². The van der Waals surface area contributed by atoms with Crippen molar-refractivity contribution >= 4 is 5.97 Å². The molecule has 0 radical (unpaired) electrons. The van der Waals surface area contributed by atoms with Crippen molar-refractivity contribution in [2.24, 2.45) is 11.8 Å². The standard InChI is InChI=1S/C22H26O10/c23-9-15-17(25)18(26)19(27)22(31-15)32-21-16-12(8-14(24)13(16)6-7-29-21)10-30-20(28)11-4-2-1-3-5-11/h1-8,13-19,21-27H,9-10H2/t13-,14+,15+,16+,17+,18-,19+,21-,22+/m0/s1. The number of carbonyl (C=O) groups is 1. The first-order chi connectivity index (χ1) is 15.4. The van der Waals surface area contributed by atoms with E-state index in [2.05, 4.69) is 0 Å². The number of rotatable bonds is 6. The summed E-state index contributed by atoms with van der Waals surface area (Å²) in [7, 11) is 0. The molecule has 9 atom stereocenters. The summed E-state index contributed by atoms with van der Waals surface area (Å²) in [5.41, 5.74) is 0.947. The predicted molar refractivity (Wildman–Crippen MR) is 107 cm³/mol. The van der Waals surface area contributed by atoms with Crippen LogP contribution >= 0.6 is 0 Å². The minimum absolute atomic E-state index is 0.113. The molecule has 5 N–H and O–H groups in total. The zero-order valence-corrected chi connectivity index (χ0v) is 17.0. The lowest BCUT2D eigenvalue weighted by molar-refractivity contribution is -0.339. The lowest BCUT2D eigenvalue weighted by Gasteiger charge is -2.42. The van der Waals surface area contributed by atoms with E-state index in [9.17, 15) is 30.3 Å². The van der Waals surface area contributed by atoms with Crippen LogP contribution in [0.2, 0.25) is 0 Å². The molecule has 4 rings (SSSR count). The Kier molecular flexibility index (Phi) is 6.91. The Labute approximate surface area is 183 Å². The van der Waals surface area contributed by atoms with E-state index in [1.165, 1.54) is 6.26 Å². The highest BCUT2D eigenvalue weighted by atomic mass is 16.8. The molecule has 0 saturated carbocycles. The maximum atomic E-state index is 12.3. The molecule has 0 unspecified atom stereocenters. The van der Waals surface area contributed by atoms with Gasteiger partial charge in [0.2, 0.25) is 6.29 Å². The van der Waals surface area contributed by atoms with E-state index >= 15 is 0 Å². The zero-order valence-electron chi connectivity index (χ0n) is 17.0. The Hall–Kier alpha value is -2.31. The van der Waals surface area contributed by atoms with Crippen molar-refractivity contribution in [1.82, 2.24) is 0 Å². The molecule has 1 aromatic rings. The molecule has 174 valence electrons. The van der Waals surface area contributed by atoms with Crippen LogP contribution in [0.1, 0.15) is 10.4 Å². The molecule has 10 heteroatoms. The Morgan fingerprint density at radius 2 is 1.75 bits per heavy atom. The second-order valence-electron chi connectivity index (χ2n) is 7.94. The maximum Gasteiger partial charge on any atom is 0.338 e. The summed E-state index contributed by atoms with van der Waals surface area (Å²) in [6, 6.07) is 8.47. The number of fused-ring (bicyclic) bond motifs is 1. The van der Waals surface area contributed by atoms with Gasteiger partial charge in [-0.25, -0.2) is 4.79 Å². The largest absolute Gasteiger partial charge is 0.472 e. The van der Waals surface area contributed by atoms with Crippen molar-refractivity contribution in [2.75, 3.05) is 13.2 Å². The monoisotopic (exact) mass is 450 g/mol. The molecule has 2 aliphatic heterocycles. The summed E-state index contributed by atoms with van der Waals surface area (Å²) in [4.78, 5) is 12.3. The predicted octanol–water partition coefficient (Wildman–Crippen LogP) is -0.937. The summed E-state index contributed by atoms with van der Waals surface area (Å²) in [6.07, 6.45) is -4.61. The summed E-state index contributed by atoms with van der Waals surface area (Å²) in [5.74, 6) is -1.52. The van der Waals surface area contributed by atoms with Crippen LogP contribution in [0.3, 0.4) is 0 Å². The highest BCUT2D eigenvalue weighted by Gasteiger charge is 2.49. The number of hydrogen-bond donors (Lipinski definition) is 5. The molecule has 0 amide bonds. The summed E-state index contributed by atoms with van der Waals surface area (Å²) < 4.78 is 22.1. The second-order valence-corrected chi connectivity index (χ2v) is 7.94. The van der Waals surface area contributed by atoms with E-state index in [0.717, 1.165) is 0 Å². The molecule has 1 fully saturated rings. The van der Waals surface area contributed by atoms with Gasteiger partial charge in [0.1, 0.15) is 31.0 Å². The van der Waals surface area contributed by atoms with Gasteiger partial charge in [-0.1, -0.05) is 24.3 Å². The highest BCUT2D eigenvalue weighted by molar-refractivity contribution is 5.89. The van der Waals surface area contributed by atoms with Crippen LogP contribution in [-0.4, -0.2) is 87.8 Å². The average Bonchev–Trinajstić information content (AvgIpc) is 3.14. The van der Waals surface area contributed by atoms with Crippen LogP contribution in [0.15, 0.2) is 54.3 Å². The topological polar surface area (TPSA) is 155 Å². The van der Waals surface area contributed by atoms with Crippen LogP contribution in [-0.2, 0) is 18.9 Å². The van der Waals surface area contributed by atoms with Gasteiger partial charge >= 0.3 is 5.97 Å². The van der Waals surface area contributed by atoms with Crippen LogP contribution in [0.5, 0.6) is 0 Å². The number of carbonyl (C=O) groups excluding carboxylic acids is 1. The SMILES string of the molecule is O=C(OCC1=C[C@@H](O)[C@@H]2C=CO[C@@H](O[C@H]3O[C@H](CO)[C@@H](O)[C@H](O)[C@H]3O)[C@H]12)c1ccccc1. The number of ether oxygens (including phenoxy) is 4. The molecule has 0 aromatic heterocycles. The molecule has 1 saturated heterocycles. The molecule has 2 heterocycles. The Balaban J connectivity index is 1.46. The molecular weight excluding hydrogens is 424 g/mol. The van der Waals surface area contributed by atoms with Gasteiger partial charge in [-0.15, -0.1) is 0 Å². The van der Waals surface area contributed by atoms with E-state index in [-0.39, 0.29) is 6.61 Å². The van der Waals surface area contributed by atoms with Gasteiger partial charge < -0.3 is 44.5 Å². The first-order valence-corrected chi connectivity index (χ1v) is 10.3. The molecule has 1 aromatic carbocycles. The van der Waals surface area contributed by atoms with Gasteiger partial charge in [0.25, 0.3) is 0 Å². The quantitative estimate of drug-likeness (QED) is 0.271. The number of esters is 1. The zero-order chi connectivity index (χ0) is 22.8. The third-order valence-corrected chi connectivity index (χ3v) is 5.92. The Morgan fingerprint density at radius 3 is 2.47 bits per heavy atom. The van der Waals surface area contributed by atoms with Crippen LogP contribution in [0.4, 0.5) is 0 Å². The summed E-state index contributed by atoms with van der Waals surface area (Å²) in [6.45, 7) is -0.709. The lowest BCUT2D eigenvalue weighted by atomic mass is 9.88. The van der Waals surface area contributed by atoms with Gasteiger partial charge in [-0.2, -0.15) is 0 Å². The fourth-order valence-corrected chi connectivity index (χ4v) is 4.17. The molecule has 0 spiro atoms. The molecule has 1 aliphatic carbocycles. The van der Waals surface area contributed by atoms with Gasteiger partial charge in [-0.05, 0) is 23.8 Å². The fourth-order valence-electron chi connectivity index (χ4n) is 4.17. The van der Waals surface area contributed by atoms with E-state index in [4.69, 9.17) is 18.9 Å². The van der Waals surface area contributed by atoms with Crippen molar-refractivity contribution in [3.05, 3.63) is 59.9 Å². The normalized spacial score (nSPS) is 38.5. The second kappa shape index (κ2) is 9.67. The van der Waals surface area contributed by atoms with E-state index in [1.807, 2.05) is 0 Å². The first kappa shape index (κ1) is 22.9. The first-order valence-electron chi connectivity index (χ1n) is 10.3. The number of hydrogen-bond acceptors (Lipinski definition) is 10. The van der Waals surface area contributed by atoms with E-state index < -0.39 is 67.5 Å². The van der Waals surface area contributed by atoms with Crippen LogP contribution in [0, 0.1) is 11.8 Å². The van der Waals surface area contributed by atoms with Crippen molar-refractivity contribution < 1.29 is 49.3 Å². The third kappa shape index (κ3) is 4.44.